The van der Waals surface area contributed by atoms with Crippen molar-refractivity contribution < 1.29 is 9.59 Å². The molecule has 2 aromatic rings. The van der Waals surface area contributed by atoms with Gasteiger partial charge in [0.25, 0.3) is 11.8 Å². The first kappa shape index (κ1) is 15.5. The summed E-state index contributed by atoms with van der Waals surface area (Å²) < 4.78 is 0. The smallest absolute Gasteiger partial charge is 0.263 e. The third-order valence-electron chi connectivity index (χ3n) is 4.54. The largest absolute Gasteiger partial charge is 0.271 e. The fourth-order valence-electron chi connectivity index (χ4n) is 3.41. The molecule has 0 unspecified atom stereocenters. The molecule has 2 aliphatic heterocycles. The molecule has 0 N–H and O–H groups in total. The Morgan fingerprint density at radius 1 is 0.800 bits per heavy atom. The average Bonchev–Trinajstić information content (AvgIpc) is 3.08. The highest BCUT2D eigenvalue weighted by Crippen LogP contribution is 2.35. The number of anilines is 2. The Kier molecular flexibility index (Phi) is 3.42. The number of aryl methyl sites for hydroxylation is 3. The summed E-state index contributed by atoms with van der Waals surface area (Å²) in [5.74, 6) is -0.607. The normalized spacial score (nSPS) is 22.0. The van der Waals surface area contributed by atoms with Crippen LogP contribution in [0.15, 0.2) is 52.8 Å². The maximum Gasteiger partial charge on any atom is 0.263 e. The Labute approximate surface area is 145 Å². The monoisotopic (exact) mass is 334 g/mol. The topological polar surface area (TPSA) is 65.3 Å². The fourth-order valence-corrected chi connectivity index (χ4v) is 3.41. The molecule has 2 amide bonds. The van der Waals surface area contributed by atoms with E-state index < -0.39 is 12.1 Å². The summed E-state index contributed by atoms with van der Waals surface area (Å²) >= 11 is 0. The van der Waals surface area contributed by atoms with Gasteiger partial charge in [0.2, 0.25) is 0 Å². The Morgan fingerprint density at radius 3 is 2.08 bits per heavy atom. The second kappa shape index (κ2) is 5.51. The van der Waals surface area contributed by atoms with Gasteiger partial charge in [0.15, 0.2) is 12.1 Å². The predicted molar refractivity (Wildman–Crippen MR) is 94.5 cm³/mol. The number of fused-ring (bicyclic) bond motifs is 1. The molecule has 2 heterocycles. The molecule has 0 aromatic heterocycles. The lowest BCUT2D eigenvalue weighted by atomic mass is 10.1. The molecule has 2 aliphatic rings. The number of benzene rings is 2. The first-order chi connectivity index (χ1) is 12.0. The van der Waals surface area contributed by atoms with Crippen molar-refractivity contribution in [2.24, 2.45) is 10.3 Å². The zero-order valence-electron chi connectivity index (χ0n) is 14.3. The molecule has 4 rings (SSSR count). The van der Waals surface area contributed by atoms with Gasteiger partial charge in [-0.3, -0.25) is 9.59 Å². The minimum atomic E-state index is -0.783. The van der Waals surface area contributed by atoms with E-state index in [2.05, 4.69) is 10.3 Å². The van der Waals surface area contributed by atoms with E-state index in [1.165, 1.54) is 4.90 Å². The van der Waals surface area contributed by atoms with Crippen LogP contribution >= 0.6 is 0 Å². The molecule has 0 spiro atoms. The lowest BCUT2D eigenvalue weighted by Gasteiger charge is -2.21. The summed E-state index contributed by atoms with van der Waals surface area (Å²) in [6.45, 7) is 5.88. The number of imide groups is 1. The van der Waals surface area contributed by atoms with E-state index in [-0.39, 0.29) is 11.8 Å². The molecule has 25 heavy (non-hydrogen) atoms. The van der Waals surface area contributed by atoms with E-state index in [9.17, 15) is 9.59 Å². The molecule has 2 atom stereocenters. The van der Waals surface area contributed by atoms with Gasteiger partial charge in [-0.15, -0.1) is 0 Å². The van der Waals surface area contributed by atoms with Gasteiger partial charge in [-0.2, -0.15) is 5.11 Å². The average molecular weight is 334 g/mol. The Morgan fingerprint density at radius 2 is 1.44 bits per heavy atom. The maximum absolute atomic E-state index is 13.0. The third-order valence-corrected chi connectivity index (χ3v) is 4.54. The van der Waals surface area contributed by atoms with E-state index in [0.717, 1.165) is 22.4 Å². The Bertz CT molecular complexity index is 884. The van der Waals surface area contributed by atoms with Crippen molar-refractivity contribution in [3.63, 3.8) is 0 Å². The first-order valence-corrected chi connectivity index (χ1v) is 8.18. The summed E-state index contributed by atoms with van der Waals surface area (Å²) in [4.78, 5) is 27.0. The number of hydrogen-bond acceptors (Lipinski definition) is 5. The molecule has 6 nitrogen and oxygen atoms in total. The van der Waals surface area contributed by atoms with Crippen LogP contribution in [0, 0.1) is 20.8 Å². The summed E-state index contributed by atoms with van der Waals surface area (Å²) in [6, 6.07) is 11.9. The minimum Gasteiger partial charge on any atom is -0.271 e. The maximum atomic E-state index is 13.0. The third kappa shape index (κ3) is 2.41. The SMILES string of the molecule is Cc1ccc(N2N=N[C@H]3C(=O)N(c4cc(C)cc(C)c4)C(=O)[C@H]32)cc1. The van der Waals surface area contributed by atoms with Crippen molar-refractivity contribution in [3.8, 4) is 0 Å². The summed E-state index contributed by atoms with van der Waals surface area (Å²) in [6.07, 6.45) is 0. The van der Waals surface area contributed by atoms with E-state index in [1.807, 2.05) is 63.2 Å². The minimum absolute atomic E-state index is 0.287. The van der Waals surface area contributed by atoms with Crippen LogP contribution in [0.2, 0.25) is 0 Å². The van der Waals surface area contributed by atoms with Gasteiger partial charge < -0.3 is 0 Å². The van der Waals surface area contributed by atoms with Crippen LogP contribution in [-0.2, 0) is 9.59 Å². The second-order valence-electron chi connectivity index (χ2n) is 6.63. The van der Waals surface area contributed by atoms with Crippen molar-refractivity contribution in [2.45, 2.75) is 32.9 Å². The quantitative estimate of drug-likeness (QED) is 0.793. The van der Waals surface area contributed by atoms with Gasteiger partial charge in [-0.05, 0) is 56.2 Å². The predicted octanol–water partition coefficient (Wildman–Crippen LogP) is 3.11. The molecular weight excluding hydrogens is 316 g/mol. The number of rotatable bonds is 2. The highest BCUT2D eigenvalue weighted by molar-refractivity contribution is 6.26. The fraction of sp³-hybridized carbons (Fsp3) is 0.263. The van der Waals surface area contributed by atoms with Crippen LogP contribution in [0.1, 0.15) is 16.7 Å². The zero-order chi connectivity index (χ0) is 17.7. The lowest BCUT2D eigenvalue weighted by Crippen LogP contribution is -2.39. The van der Waals surface area contributed by atoms with Crippen molar-refractivity contribution in [3.05, 3.63) is 59.2 Å². The molecule has 1 fully saturated rings. The molecule has 0 radical (unpaired) electrons. The zero-order valence-corrected chi connectivity index (χ0v) is 14.3. The van der Waals surface area contributed by atoms with Crippen molar-refractivity contribution >= 4 is 23.2 Å². The molecule has 126 valence electrons. The number of carbonyl (C=O) groups excluding carboxylic acids is 2. The van der Waals surface area contributed by atoms with E-state index in [1.54, 1.807) is 5.01 Å². The van der Waals surface area contributed by atoms with Crippen molar-refractivity contribution in [2.75, 3.05) is 9.91 Å². The van der Waals surface area contributed by atoms with E-state index in [0.29, 0.717) is 5.69 Å². The molecule has 0 bridgehead atoms. The second-order valence-corrected chi connectivity index (χ2v) is 6.63. The summed E-state index contributed by atoms with van der Waals surface area (Å²) in [5.41, 5.74) is 4.47. The van der Waals surface area contributed by atoms with Gasteiger partial charge in [-0.1, -0.05) is 29.0 Å². The van der Waals surface area contributed by atoms with Crippen molar-refractivity contribution in [1.29, 1.82) is 0 Å². The van der Waals surface area contributed by atoms with Crippen LogP contribution in [0.3, 0.4) is 0 Å². The Balaban J connectivity index is 1.71. The Hall–Kier alpha value is -3.02. The number of hydrogen-bond donors (Lipinski definition) is 0. The highest BCUT2D eigenvalue weighted by atomic mass is 16.2. The van der Waals surface area contributed by atoms with E-state index >= 15 is 0 Å². The van der Waals surface area contributed by atoms with Gasteiger partial charge in [0.1, 0.15) is 0 Å². The lowest BCUT2D eigenvalue weighted by molar-refractivity contribution is -0.121. The first-order valence-electron chi connectivity index (χ1n) is 8.18. The van der Waals surface area contributed by atoms with Gasteiger partial charge in [0.05, 0.1) is 11.4 Å². The van der Waals surface area contributed by atoms with Gasteiger partial charge >= 0.3 is 0 Å². The summed E-state index contributed by atoms with van der Waals surface area (Å²) in [7, 11) is 0. The number of amides is 2. The van der Waals surface area contributed by atoms with Crippen molar-refractivity contribution in [1.82, 2.24) is 0 Å². The van der Waals surface area contributed by atoms with Crippen LogP contribution in [0.4, 0.5) is 11.4 Å². The number of carbonyl (C=O) groups is 2. The van der Waals surface area contributed by atoms with Gasteiger partial charge in [-0.25, -0.2) is 9.91 Å². The van der Waals surface area contributed by atoms with E-state index in [4.69, 9.17) is 0 Å². The number of nitrogens with zero attached hydrogens (tertiary/aromatic N) is 4. The van der Waals surface area contributed by atoms with Crippen LogP contribution in [0.25, 0.3) is 0 Å². The summed E-state index contributed by atoms with van der Waals surface area (Å²) in [5, 5.41) is 9.69. The molecule has 2 aromatic carbocycles. The van der Waals surface area contributed by atoms with Crippen LogP contribution in [0.5, 0.6) is 0 Å². The van der Waals surface area contributed by atoms with Crippen LogP contribution < -0.4 is 9.91 Å². The van der Waals surface area contributed by atoms with Gasteiger partial charge in [0, 0.05) is 0 Å². The molecule has 6 heteroatoms. The standard InChI is InChI=1S/C19H18N4O2/c1-11-4-6-14(7-5-11)23-17-16(20-21-23)18(24)22(19(17)25)15-9-12(2)8-13(3)10-15/h4-10,16-17H,1-3H3/t16-,17+/m1/s1. The highest BCUT2D eigenvalue weighted by Gasteiger charge is 2.55. The molecule has 1 saturated heterocycles. The molecule has 0 saturated carbocycles. The molecular formula is C19H18N4O2. The van der Waals surface area contributed by atoms with Crippen LogP contribution in [-0.4, -0.2) is 23.9 Å². The molecule has 0 aliphatic carbocycles.